The van der Waals surface area contributed by atoms with Crippen molar-refractivity contribution in [1.82, 2.24) is 0 Å². The molecule has 2 saturated heterocycles. The van der Waals surface area contributed by atoms with E-state index in [0.29, 0.717) is 22.6 Å². The maximum absolute atomic E-state index is 10.4. The lowest BCUT2D eigenvalue weighted by Gasteiger charge is -2.24. The zero-order chi connectivity index (χ0) is 12.7. The number of aliphatic hydroxyl groups excluding tert-OH is 1. The van der Waals surface area contributed by atoms with Crippen LogP contribution in [-0.2, 0) is 11.2 Å². The van der Waals surface area contributed by atoms with Crippen LogP contribution in [0.25, 0.3) is 0 Å². The van der Waals surface area contributed by atoms with E-state index in [1.54, 1.807) is 12.1 Å². The largest absolute Gasteiger partial charge is 0.392 e. The number of rotatable bonds is 3. The quantitative estimate of drug-likeness (QED) is 0.922. The third-order valence-corrected chi connectivity index (χ3v) is 4.69. The highest BCUT2D eigenvalue weighted by atomic mass is 35.5. The first-order valence-corrected chi connectivity index (χ1v) is 7.16. The third kappa shape index (κ3) is 2.39. The summed E-state index contributed by atoms with van der Waals surface area (Å²) in [6.07, 6.45) is 3.96. The van der Waals surface area contributed by atoms with E-state index in [2.05, 4.69) is 0 Å². The van der Waals surface area contributed by atoms with Gasteiger partial charge in [-0.15, -0.1) is 0 Å². The lowest BCUT2D eigenvalue weighted by atomic mass is 9.83. The molecule has 0 amide bonds. The molecule has 0 aliphatic carbocycles. The molecule has 2 nitrogen and oxygen atoms in total. The molecule has 2 aliphatic heterocycles. The maximum atomic E-state index is 10.4. The van der Waals surface area contributed by atoms with Crippen LogP contribution in [0.5, 0.6) is 0 Å². The Morgan fingerprint density at radius 1 is 1.33 bits per heavy atom. The Morgan fingerprint density at radius 2 is 2.17 bits per heavy atom. The molecule has 0 radical (unpaired) electrons. The summed E-state index contributed by atoms with van der Waals surface area (Å²) < 4.78 is 5.78. The fourth-order valence-corrected chi connectivity index (χ4v) is 3.55. The topological polar surface area (TPSA) is 29.5 Å². The Balaban J connectivity index is 1.70. The van der Waals surface area contributed by atoms with Crippen molar-refractivity contribution < 1.29 is 9.84 Å². The van der Waals surface area contributed by atoms with Crippen LogP contribution in [0.4, 0.5) is 0 Å². The molecule has 2 fully saturated rings. The number of hydrogen-bond donors (Lipinski definition) is 1. The average Bonchev–Trinajstić information content (AvgIpc) is 2.96. The van der Waals surface area contributed by atoms with Gasteiger partial charge in [0.2, 0.25) is 0 Å². The van der Waals surface area contributed by atoms with Gasteiger partial charge in [-0.25, -0.2) is 0 Å². The van der Waals surface area contributed by atoms with Crippen molar-refractivity contribution in [1.29, 1.82) is 0 Å². The Kier molecular flexibility index (Phi) is 3.55. The highest BCUT2D eigenvalue weighted by molar-refractivity contribution is 6.33. The highest BCUT2D eigenvalue weighted by Crippen LogP contribution is 2.41. The van der Waals surface area contributed by atoms with E-state index in [4.69, 9.17) is 27.9 Å². The molecule has 0 spiro atoms. The molecule has 0 saturated carbocycles. The second-order valence-corrected chi connectivity index (χ2v) is 6.12. The molecule has 4 atom stereocenters. The molecule has 2 aliphatic rings. The van der Waals surface area contributed by atoms with E-state index in [1.165, 1.54) is 0 Å². The second kappa shape index (κ2) is 5.01. The van der Waals surface area contributed by atoms with E-state index in [0.717, 1.165) is 24.8 Å². The van der Waals surface area contributed by atoms with E-state index in [1.807, 2.05) is 6.07 Å². The molecule has 98 valence electrons. The number of benzene rings is 1. The minimum atomic E-state index is -0.392. The van der Waals surface area contributed by atoms with Crippen LogP contribution in [0.2, 0.25) is 10.0 Å². The van der Waals surface area contributed by atoms with Gasteiger partial charge in [0.15, 0.2) is 0 Å². The lowest BCUT2D eigenvalue weighted by Crippen LogP contribution is -2.31. The van der Waals surface area contributed by atoms with Crippen LogP contribution in [0.15, 0.2) is 18.2 Å². The third-order valence-electron chi connectivity index (χ3n) is 4.08. The van der Waals surface area contributed by atoms with E-state index in [-0.39, 0.29) is 12.0 Å². The van der Waals surface area contributed by atoms with Crippen LogP contribution >= 0.6 is 23.2 Å². The summed E-state index contributed by atoms with van der Waals surface area (Å²) in [6, 6.07) is 5.38. The zero-order valence-electron chi connectivity index (χ0n) is 9.98. The molecule has 3 rings (SSSR count). The van der Waals surface area contributed by atoms with Crippen molar-refractivity contribution in [2.75, 3.05) is 0 Å². The van der Waals surface area contributed by atoms with Gasteiger partial charge >= 0.3 is 0 Å². The summed E-state index contributed by atoms with van der Waals surface area (Å²) in [5, 5.41) is 11.7. The molecule has 1 aromatic rings. The van der Waals surface area contributed by atoms with Crippen molar-refractivity contribution in [2.45, 2.75) is 44.0 Å². The molecule has 2 heterocycles. The predicted octanol–water partition coefficient (Wildman–Crippen LogP) is 3.46. The van der Waals surface area contributed by atoms with Crippen LogP contribution in [0.1, 0.15) is 24.8 Å². The fourth-order valence-electron chi connectivity index (χ4n) is 3.16. The van der Waals surface area contributed by atoms with Gasteiger partial charge in [-0.05, 0) is 43.0 Å². The molecule has 4 heteroatoms. The van der Waals surface area contributed by atoms with Gasteiger partial charge in [-0.2, -0.15) is 0 Å². The minimum absolute atomic E-state index is 0.239. The maximum Gasteiger partial charge on any atom is 0.0634 e. The minimum Gasteiger partial charge on any atom is -0.392 e. The lowest BCUT2D eigenvalue weighted by molar-refractivity contribution is 0.0432. The van der Waals surface area contributed by atoms with Crippen molar-refractivity contribution >= 4 is 23.2 Å². The average molecular weight is 287 g/mol. The summed E-state index contributed by atoms with van der Waals surface area (Å²) in [7, 11) is 0. The molecular weight excluding hydrogens is 271 g/mol. The van der Waals surface area contributed by atoms with Gasteiger partial charge < -0.3 is 9.84 Å². The van der Waals surface area contributed by atoms with Gasteiger partial charge in [0.1, 0.15) is 0 Å². The standard InChI is InChI=1S/C14H16Cl2O2/c15-9-1-3-12(16)8(5-9)6-13(17)11-7-10-2-4-14(11)18-10/h1,3,5,10-11,13-14,17H,2,4,6-7H2. The predicted molar refractivity (Wildman–Crippen MR) is 72.2 cm³/mol. The van der Waals surface area contributed by atoms with E-state index in [9.17, 15) is 5.11 Å². The molecule has 18 heavy (non-hydrogen) atoms. The number of fused-ring (bicyclic) bond motifs is 2. The van der Waals surface area contributed by atoms with Crippen molar-refractivity contribution in [3.63, 3.8) is 0 Å². The molecule has 4 unspecified atom stereocenters. The number of aliphatic hydroxyl groups is 1. The van der Waals surface area contributed by atoms with Crippen LogP contribution in [0, 0.1) is 5.92 Å². The molecule has 1 N–H and O–H groups in total. The first-order valence-electron chi connectivity index (χ1n) is 6.41. The fraction of sp³-hybridized carbons (Fsp3) is 0.571. The molecular formula is C14H16Cl2O2. The van der Waals surface area contributed by atoms with Gasteiger partial charge in [-0.1, -0.05) is 23.2 Å². The van der Waals surface area contributed by atoms with Crippen LogP contribution in [0.3, 0.4) is 0 Å². The summed E-state index contributed by atoms with van der Waals surface area (Å²) in [5.74, 6) is 0.249. The zero-order valence-corrected chi connectivity index (χ0v) is 11.5. The van der Waals surface area contributed by atoms with E-state index >= 15 is 0 Å². The number of ether oxygens (including phenoxy) is 1. The summed E-state index contributed by atoms with van der Waals surface area (Å²) in [5.41, 5.74) is 0.916. The van der Waals surface area contributed by atoms with Crippen LogP contribution < -0.4 is 0 Å². The summed E-state index contributed by atoms with van der Waals surface area (Å²) >= 11 is 12.1. The SMILES string of the molecule is OC(Cc1cc(Cl)ccc1Cl)C1CC2CCC1O2. The number of halogens is 2. The molecule has 2 bridgehead atoms. The van der Waals surface area contributed by atoms with Crippen molar-refractivity contribution in [3.05, 3.63) is 33.8 Å². The number of hydrogen-bond acceptors (Lipinski definition) is 2. The summed E-state index contributed by atoms with van der Waals surface area (Å²) in [6.45, 7) is 0. The Morgan fingerprint density at radius 3 is 2.83 bits per heavy atom. The van der Waals surface area contributed by atoms with Gasteiger partial charge in [0.25, 0.3) is 0 Å². The molecule has 1 aromatic carbocycles. The van der Waals surface area contributed by atoms with Gasteiger partial charge in [0, 0.05) is 22.4 Å². The smallest absolute Gasteiger partial charge is 0.0634 e. The normalized spacial score (nSPS) is 31.8. The highest BCUT2D eigenvalue weighted by Gasteiger charge is 2.43. The summed E-state index contributed by atoms with van der Waals surface area (Å²) in [4.78, 5) is 0. The Bertz CT molecular complexity index is 449. The van der Waals surface area contributed by atoms with Crippen LogP contribution in [-0.4, -0.2) is 23.4 Å². The Labute approximate surface area is 117 Å². The molecule has 0 aromatic heterocycles. The first kappa shape index (κ1) is 12.7. The first-order chi connectivity index (χ1) is 8.63. The van der Waals surface area contributed by atoms with Crippen molar-refractivity contribution in [2.24, 2.45) is 5.92 Å². The monoisotopic (exact) mass is 286 g/mol. The van der Waals surface area contributed by atoms with Crippen molar-refractivity contribution in [3.8, 4) is 0 Å². The second-order valence-electron chi connectivity index (χ2n) is 5.28. The van der Waals surface area contributed by atoms with E-state index < -0.39 is 6.10 Å². The van der Waals surface area contributed by atoms with Gasteiger partial charge in [-0.3, -0.25) is 0 Å². The Hall–Kier alpha value is -0.280. The van der Waals surface area contributed by atoms with Gasteiger partial charge in [0.05, 0.1) is 18.3 Å².